The van der Waals surface area contributed by atoms with Crippen molar-refractivity contribution in [2.75, 3.05) is 0 Å². The molecule has 2 aromatic heterocycles. The molecule has 6 nitrogen and oxygen atoms in total. The summed E-state index contributed by atoms with van der Waals surface area (Å²) in [6.45, 7) is 0. The van der Waals surface area contributed by atoms with E-state index in [4.69, 9.17) is 15.9 Å². The SMILES string of the molecule is [O]=[Cr](=[O])([OH])[OH].c1ccncc1.c1ccncc1. The van der Waals surface area contributed by atoms with Crippen LogP contribution in [-0.4, -0.2) is 18.3 Å². The van der Waals surface area contributed by atoms with Gasteiger partial charge in [-0.25, -0.2) is 0 Å². The molecule has 2 aromatic rings. The summed E-state index contributed by atoms with van der Waals surface area (Å²) in [6, 6.07) is 11.4. The molecule has 0 saturated heterocycles. The van der Waals surface area contributed by atoms with E-state index in [0.717, 1.165) is 0 Å². The molecular weight excluding hydrogens is 264 g/mol. The monoisotopic (exact) mass is 276 g/mol. The molecule has 92 valence electrons. The Hall–Kier alpha value is -1.65. The third-order valence-electron chi connectivity index (χ3n) is 1.13. The molecule has 0 radical (unpaired) electrons. The maximum absolute atomic E-state index is 8.82. The zero-order valence-corrected chi connectivity index (χ0v) is 10.1. The second-order valence-electron chi connectivity index (χ2n) is 2.50. The fraction of sp³-hybridized carbons (Fsp3) is 0. The van der Waals surface area contributed by atoms with Crippen molar-refractivity contribution in [2.24, 2.45) is 0 Å². The molecule has 0 aliphatic carbocycles. The molecule has 0 saturated carbocycles. The van der Waals surface area contributed by atoms with E-state index in [1.165, 1.54) is 0 Å². The minimum atomic E-state index is -5.25. The number of hydrogen-bond acceptors (Lipinski definition) is 4. The van der Waals surface area contributed by atoms with Gasteiger partial charge in [0.1, 0.15) is 0 Å². The summed E-state index contributed by atoms with van der Waals surface area (Å²) in [5.74, 6) is 0. The Bertz CT molecular complexity index is 369. The summed E-state index contributed by atoms with van der Waals surface area (Å²) in [4.78, 5) is 7.57. The van der Waals surface area contributed by atoms with E-state index < -0.39 is 13.6 Å². The third-order valence-corrected chi connectivity index (χ3v) is 1.13. The molecule has 0 amide bonds. The molecule has 2 rings (SSSR count). The Balaban J connectivity index is 0.000000228. The number of hydrogen-bond donors (Lipinski definition) is 2. The van der Waals surface area contributed by atoms with Gasteiger partial charge in [-0.05, 0) is 24.3 Å². The van der Waals surface area contributed by atoms with Crippen molar-refractivity contribution in [1.82, 2.24) is 9.97 Å². The smallest absolute Gasteiger partial charge is 0.0267 e. The molecule has 0 bridgehead atoms. The van der Waals surface area contributed by atoms with Gasteiger partial charge in [0.05, 0.1) is 0 Å². The Labute approximate surface area is 101 Å². The zero-order chi connectivity index (χ0) is 13.0. The van der Waals surface area contributed by atoms with Crippen LogP contribution in [0.5, 0.6) is 0 Å². The van der Waals surface area contributed by atoms with Gasteiger partial charge in [-0.2, -0.15) is 0 Å². The second kappa shape index (κ2) is 9.57. The van der Waals surface area contributed by atoms with Gasteiger partial charge >= 0.3 is 29.5 Å². The number of rotatable bonds is 0. The first-order chi connectivity index (χ1) is 8.00. The van der Waals surface area contributed by atoms with Crippen LogP contribution in [0.25, 0.3) is 0 Å². The first kappa shape index (κ1) is 15.4. The van der Waals surface area contributed by atoms with Crippen molar-refractivity contribution in [2.45, 2.75) is 0 Å². The van der Waals surface area contributed by atoms with E-state index in [-0.39, 0.29) is 0 Å². The van der Waals surface area contributed by atoms with Crippen LogP contribution in [0.15, 0.2) is 61.2 Å². The van der Waals surface area contributed by atoms with E-state index >= 15 is 0 Å². The van der Waals surface area contributed by atoms with Crippen LogP contribution in [0, 0.1) is 0 Å². The van der Waals surface area contributed by atoms with Crippen molar-refractivity contribution in [3.8, 4) is 0 Å². The molecule has 0 unspecified atom stereocenters. The first-order valence-corrected chi connectivity index (χ1v) is 6.58. The molecule has 0 aliphatic heterocycles. The van der Waals surface area contributed by atoms with Crippen molar-refractivity contribution >= 4 is 0 Å². The summed E-state index contributed by atoms with van der Waals surface area (Å²) < 4.78 is 31.9. The van der Waals surface area contributed by atoms with Gasteiger partial charge in [0.15, 0.2) is 0 Å². The molecule has 17 heavy (non-hydrogen) atoms. The van der Waals surface area contributed by atoms with Crippen molar-refractivity contribution in [3.63, 3.8) is 0 Å². The van der Waals surface area contributed by atoms with E-state index in [0.29, 0.717) is 0 Å². The zero-order valence-electron chi connectivity index (χ0n) is 8.79. The summed E-state index contributed by atoms with van der Waals surface area (Å²) in [7, 11) is 0. The predicted molar refractivity (Wildman–Crippen MR) is 54.3 cm³/mol. The molecule has 0 atom stereocenters. The fourth-order valence-electron chi connectivity index (χ4n) is 0.625. The normalized spacial score (nSPS) is 9.06. The van der Waals surface area contributed by atoms with Crippen molar-refractivity contribution in [3.05, 3.63) is 61.2 Å². The van der Waals surface area contributed by atoms with Gasteiger partial charge in [-0.1, -0.05) is 12.1 Å². The molecule has 0 fully saturated rings. The van der Waals surface area contributed by atoms with Gasteiger partial charge in [-0.15, -0.1) is 0 Å². The van der Waals surface area contributed by atoms with Crippen LogP contribution in [0.4, 0.5) is 0 Å². The quantitative estimate of drug-likeness (QED) is 0.738. The van der Waals surface area contributed by atoms with Crippen LogP contribution in [0.1, 0.15) is 0 Å². The maximum Gasteiger partial charge on any atom is 0.0267 e. The summed E-state index contributed by atoms with van der Waals surface area (Å²) >= 11 is -5.25. The van der Waals surface area contributed by atoms with Gasteiger partial charge in [0, 0.05) is 24.8 Å². The molecule has 0 aliphatic rings. The summed E-state index contributed by atoms with van der Waals surface area (Å²) in [6.07, 6.45) is 7.00. The van der Waals surface area contributed by atoms with Crippen LogP contribution >= 0.6 is 0 Å². The molecule has 0 spiro atoms. The Morgan fingerprint density at radius 2 is 0.882 bits per heavy atom. The molecule has 2 N–H and O–H groups in total. The molecular formula is C10H12CrN2O4. The number of pyridine rings is 2. The van der Waals surface area contributed by atoms with Gasteiger partial charge < -0.3 is 0 Å². The van der Waals surface area contributed by atoms with E-state index in [9.17, 15) is 0 Å². The predicted octanol–water partition coefficient (Wildman–Crippen LogP) is 0.809. The minimum Gasteiger partial charge on any atom is -0.265 e. The van der Waals surface area contributed by atoms with Crippen LogP contribution in [0.2, 0.25) is 0 Å². The average Bonchev–Trinajstić information content (AvgIpc) is 2.32. The number of aromatic nitrogens is 2. The summed E-state index contributed by atoms with van der Waals surface area (Å²) in [5.41, 5.74) is 0. The second-order valence-corrected chi connectivity index (χ2v) is 3.90. The largest absolute Gasteiger partial charge is 0.265 e. The van der Waals surface area contributed by atoms with Crippen LogP contribution < -0.4 is 0 Å². The Morgan fingerprint density at radius 1 is 0.647 bits per heavy atom. The third kappa shape index (κ3) is 20.4. The van der Waals surface area contributed by atoms with Gasteiger partial charge in [0.25, 0.3) is 0 Å². The minimum absolute atomic E-state index is 1.75. The van der Waals surface area contributed by atoms with Crippen molar-refractivity contribution in [1.29, 1.82) is 0 Å². The average molecular weight is 276 g/mol. The Kier molecular flexibility index (Phi) is 8.64. The first-order valence-electron chi connectivity index (χ1n) is 4.40. The topological polar surface area (TPSA) is 100 Å². The van der Waals surface area contributed by atoms with E-state index in [1.807, 2.05) is 36.4 Å². The van der Waals surface area contributed by atoms with Crippen LogP contribution in [0.3, 0.4) is 0 Å². The van der Waals surface area contributed by atoms with E-state index in [1.54, 1.807) is 24.8 Å². The molecule has 7 heteroatoms. The van der Waals surface area contributed by atoms with Gasteiger partial charge in [-0.3, -0.25) is 9.97 Å². The Morgan fingerprint density at radius 3 is 0.941 bits per heavy atom. The van der Waals surface area contributed by atoms with Crippen LogP contribution in [-0.2, 0) is 21.2 Å². The van der Waals surface area contributed by atoms with E-state index in [2.05, 4.69) is 9.97 Å². The van der Waals surface area contributed by atoms with Crippen molar-refractivity contribution < 1.29 is 29.5 Å². The summed E-state index contributed by atoms with van der Waals surface area (Å²) in [5, 5.41) is 0. The van der Waals surface area contributed by atoms with Gasteiger partial charge in [0.2, 0.25) is 0 Å². The number of nitrogens with zero attached hydrogens (tertiary/aromatic N) is 2. The fourth-order valence-corrected chi connectivity index (χ4v) is 0.625. The molecule has 2 heterocycles. The molecule has 0 aromatic carbocycles. The maximum atomic E-state index is 8.82. The standard InChI is InChI=1S/2C5H5N.Cr.2H2O.2O/c2*1-2-4-6-5-3-1;;;;;/h2*1-5H;;2*1H2;;/q;;+2;;;;/p-2.